The van der Waals surface area contributed by atoms with Gasteiger partial charge in [-0.3, -0.25) is 9.59 Å². The molecule has 0 aliphatic carbocycles. The largest absolute Gasteiger partial charge is 0.364 e. The van der Waals surface area contributed by atoms with Crippen molar-refractivity contribution in [1.82, 2.24) is 9.88 Å². The molecule has 0 bridgehead atoms. The summed E-state index contributed by atoms with van der Waals surface area (Å²) in [5.41, 5.74) is 2.18. The molecule has 0 atom stereocenters. The van der Waals surface area contributed by atoms with Gasteiger partial charge >= 0.3 is 0 Å². The van der Waals surface area contributed by atoms with Gasteiger partial charge in [-0.2, -0.15) is 0 Å². The summed E-state index contributed by atoms with van der Waals surface area (Å²) in [6.07, 6.45) is 4.58. The molecule has 4 heteroatoms. The number of carbonyl (C=O) groups is 1. The average molecular weight is 310 g/mol. The van der Waals surface area contributed by atoms with Crippen molar-refractivity contribution in [2.75, 3.05) is 13.1 Å². The maximum atomic E-state index is 12.5. The van der Waals surface area contributed by atoms with E-state index in [9.17, 15) is 9.59 Å². The summed E-state index contributed by atoms with van der Waals surface area (Å²) in [6, 6.07) is 12.0. The van der Waals surface area contributed by atoms with Crippen LogP contribution in [0.15, 0.2) is 47.4 Å². The summed E-state index contributed by atoms with van der Waals surface area (Å²) in [4.78, 5) is 29.2. The first-order valence-electron chi connectivity index (χ1n) is 8.16. The highest BCUT2D eigenvalue weighted by atomic mass is 16.2. The van der Waals surface area contributed by atoms with E-state index in [2.05, 4.69) is 29.2 Å². The molecule has 0 unspecified atom stereocenters. The first-order chi connectivity index (χ1) is 11.1. The van der Waals surface area contributed by atoms with Gasteiger partial charge in [0, 0.05) is 31.0 Å². The molecule has 0 radical (unpaired) electrons. The molecule has 1 aliphatic rings. The fourth-order valence-corrected chi connectivity index (χ4v) is 3.20. The zero-order valence-corrected chi connectivity index (χ0v) is 13.4. The smallest absolute Gasteiger partial charge is 0.259 e. The van der Waals surface area contributed by atoms with Crippen LogP contribution in [0, 0.1) is 12.8 Å². The molecule has 2 heterocycles. The zero-order chi connectivity index (χ0) is 16.2. The standard InChI is InChI=1S/C19H22N2O2/c1-14-11-18(22)17(13-20-14)19(23)21-9-7-16(8-10-21)12-15-5-3-2-4-6-15/h2-6,11,13,16H,7-10,12H2,1H3,(H,20,22). The first kappa shape index (κ1) is 15.5. The second-order valence-corrected chi connectivity index (χ2v) is 6.32. The molecule has 2 aromatic rings. The van der Waals surface area contributed by atoms with Gasteiger partial charge in [0.1, 0.15) is 5.56 Å². The Morgan fingerprint density at radius 1 is 1.22 bits per heavy atom. The molecule has 23 heavy (non-hydrogen) atoms. The van der Waals surface area contributed by atoms with Gasteiger partial charge in [0.05, 0.1) is 0 Å². The second-order valence-electron chi connectivity index (χ2n) is 6.32. The van der Waals surface area contributed by atoms with Crippen LogP contribution in [0.5, 0.6) is 0 Å². The molecule has 1 fully saturated rings. The molecule has 1 N–H and O–H groups in total. The lowest BCUT2D eigenvalue weighted by Crippen LogP contribution is -2.40. The molecule has 1 aromatic heterocycles. The van der Waals surface area contributed by atoms with Crippen molar-refractivity contribution in [3.8, 4) is 0 Å². The van der Waals surface area contributed by atoms with Crippen molar-refractivity contribution in [3.05, 3.63) is 69.6 Å². The number of hydrogen-bond acceptors (Lipinski definition) is 2. The van der Waals surface area contributed by atoms with Crippen LogP contribution in [0.3, 0.4) is 0 Å². The normalized spacial score (nSPS) is 15.6. The Bertz CT molecular complexity index is 729. The van der Waals surface area contributed by atoms with Gasteiger partial charge in [-0.1, -0.05) is 30.3 Å². The number of pyridine rings is 1. The Morgan fingerprint density at radius 3 is 2.57 bits per heavy atom. The molecule has 1 saturated heterocycles. The number of hydrogen-bond donors (Lipinski definition) is 1. The van der Waals surface area contributed by atoms with Gasteiger partial charge in [-0.25, -0.2) is 0 Å². The lowest BCUT2D eigenvalue weighted by Gasteiger charge is -2.32. The monoisotopic (exact) mass is 310 g/mol. The van der Waals surface area contributed by atoms with Crippen molar-refractivity contribution in [3.63, 3.8) is 0 Å². The van der Waals surface area contributed by atoms with Crippen molar-refractivity contribution in [2.24, 2.45) is 5.92 Å². The predicted octanol–water partition coefficient (Wildman–Crippen LogP) is 2.78. The van der Waals surface area contributed by atoms with Crippen LogP contribution in [-0.4, -0.2) is 28.9 Å². The fraction of sp³-hybridized carbons (Fsp3) is 0.368. The van der Waals surface area contributed by atoms with Crippen LogP contribution in [-0.2, 0) is 6.42 Å². The van der Waals surface area contributed by atoms with Gasteiger partial charge in [0.2, 0.25) is 0 Å². The topological polar surface area (TPSA) is 53.2 Å². The Hall–Kier alpha value is -2.36. The lowest BCUT2D eigenvalue weighted by atomic mass is 9.90. The fourth-order valence-electron chi connectivity index (χ4n) is 3.20. The number of nitrogens with zero attached hydrogens (tertiary/aromatic N) is 1. The van der Waals surface area contributed by atoms with E-state index in [1.807, 2.05) is 13.0 Å². The number of rotatable bonds is 3. The van der Waals surface area contributed by atoms with Crippen molar-refractivity contribution in [2.45, 2.75) is 26.2 Å². The van der Waals surface area contributed by atoms with E-state index in [0.717, 1.165) is 38.0 Å². The summed E-state index contributed by atoms with van der Waals surface area (Å²) >= 11 is 0. The lowest BCUT2D eigenvalue weighted by molar-refractivity contribution is 0.0689. The molecule has 3 rings (SSSR count). The third-order valence-corrected chi connectivity index (χ3v) is 4.56. The number of amides is 1. The van der Waals surface area contributed by atoms with Crippen molar-refractivity contribution < 1.29 is 4.79 Å². The molecule has 1 amide bonds. The number of H-pyrrole nitrogens is 1. The van der Waals surface area contributed by atoms with Crippen LogP contribution in [0.1, 0.15) is 34.5 Å². The summed E-state index contributed by atoms with van der Waals surface area (Å²) < 4.78 is 0. The summed E-state index contributed by atoms with van der Waals surface area (Å²) in [5, 5.41) is 0. The molecule has 0 spiro atoms. The Kier molecular flexibility index (Phi) is 4.60. The number of aromatic nitrogens is 1. The third kappa shape index (κ3) is 3.70. The van der Waals surface area contributed by atoms with Crippen LogP contribution in [0.2, 0.25) is 0 Å². The average Bonchev–Trinajstić information content (AvgIpc) is 2.56. The minimum absolute atomic E-state index is 0.149. The Balaban J connectivity index is 1.60. The molecular formula is C19H22N2O2. The van der Waals surface area contributed by atoms with E-state index in [1.165, 1.54) is 17.8 Å². The van der Waals surface area contributed by atoms with Crippen LogP contribution in [0.4, 0.5) is 0 Å². The molecule has 0 saturated carbocycles. The van der Waals surface area contributed by atoms with Crippen LogP contribution >= 0.6 is 0 Å². The van der Waals surface area contributed by atoms with E-state index in [-0.39, 0.29) is 16.9 Å². The zero-order valence-electron chi connectivity index (χ0n) is 13.4. The van der Waals surface area contributed by atoms with E-state index in [1.54, 1.807) is 4.90 Å². The molecule has 120 valence electrons. The number of carbonyl (C=O) groups excluding carboxylic acids is 1. The number of benzene rings is 1. The molecule has 1 aromatic carbocycles. The minimum Gasteiger partial charge on any atom is -0.364 e. The molecule has 4 nitrogen and oxygen atoms in total. The van der Waals surface area contributed by atoms with Gasteiger partial charge in [0.15, 0.2) is 5.43 Å². The quantitative estimate of drug-likeness (QED) is 0.948. The minimum atomic E-state index is -0.197. The Labute approximate surface area is 136 Å². The van der Waals surface area contributed by atoms with E-state index in [0.29, 0.717) is 5.92 Å². The maximum Gasteiger partial charge on any atom is 0.259 e. The van der Waals surface area contributed by atoms with E-state index >= 15 is 0 Å². The highest BCUT2D eigenvalue weighted by Crippen LogP contribution is 2.22. The SMILES string of the molecule is Cc1cc(=O)c(C(=O)N2CCC(Cc3ccccc3)CC2)c[nH]1. The number of aromatic amines is 1. The van der Waals surface area contributed by atoms with Crippen molar-refractivity contribution >= 4 is 5.91 Å². The van der Waals surface area contributed by atoms with E-state index in [4.69, 9.17) is 0 Å². The predicted molar refractivity (Wildman–Crippen MR) is 90.6 cm³/mol. The third-order valence-electron chi connectivity index (χ3n) is 4.56. The summed E-state index contributed by atoms with van der Waals surface area (Å²) in [5.74, 6) is 0.460. The van der Waals surface area contributed by atoms with Crippen LogP contribution in [0.25, 0.3) is 0 Å². The molecular weight excluding hydrogens is 288 g/mol. The number of likely N-dealkylation sites (tertiary alicyclic amines) is 1. The van der Waals surface area contributed by atoms with Crippen molar-refractivity contribution in [1.29, 1.82) is 0 Å². The van der Waals surface area contributed by atoms with Gasteiger partial charge < -0.3 is 9.88 Å². The summed E-state index contributed by atoms with van der Waals surface area (Å²) in [7, 11) is 0. The van der Waals surface area contributed by atoms with Gasteiger partial charge in [-0.05, 0) is 37.7 Å². The molecule has 1 aliphatic heterocycles. The highest BCUT2D eigenvalue weighted by molar-refractivity contribution is 5.93. The van der Waals surface area contributed by atoms with Crippen LogP contribution < -0.4 is 5.43 Å². The number of piperidine rings is 1. The summed E-state index contributed by atoms with van der Waals surface area (Å²) in [6.45, 7) is 3.26. The second kappa shape index (κ2) is 6.82. The Morgan fingerprint density at radius 2 is 1.91 bits per heavy atom. The van der Waals surface area contributed by atoms with Gasteiger partial charge in [0.25, 0.3) is 5.91 Å². The first-order valence-corrected chi connectivity index (χ1v) is 8.16. The van der Waals surface area contributed by atoms with Gasteiger partial charge in [-0.15, -0.1) is 0 Å². The number of nitrogens with one attached hydrogen (secondary N) is 1. The highest BCUT2D eigenvalue weighted by Gasteiger charge is 2.25. The van der Waals surface area contributed by atoms with E-state index < -0.39 is 0 Å². The number of aryl methyl sites for hydroxylation is 1. The maximum absolute atomic E-state index is 12.5.